The van der Waals surface area contributed by atoms with E-state index in [1.807, 2.05) is 0 Å². The minimum absolute atomic E-state index is 0.118. The lowest BCUT2D eigenvalue weighted by Gasteiger charge is -2.07. The van der Waals surface area contributed by atoms with Gasteiger partial charge in [-0.1, -0.05) is 0 Å². The molecule has 0 aliphatic heterocycles. The number of methoxy groups -OCH3 is 1. The predicted octanol–water partition coefficient (Wildman–Crippen LogP) is 1.28. The number of ether oxygens (including phenoxy) is 1. The molecule has 0 amide bonds. The molecule has 0 aromatic carbocycles. The Morgan fingerprint density at radius 3 is 2.76 bits per heavy atom. The molecule has 0 saturated carbocycles. The third-order valence-electron chi connectivity index (χ3n) is 2.16. The van der Waals surface area contributed by atoms with Gasteiger partial charge in [0.15, 0.2) is 5.82 Å². The number of nitrogen functional groups attached to an aromatic ring is 1. The molecule has 88 valence electrons. The Morgan fingerprint density at radius 1 is 1.47 bits per heavy atom. The fourth-order valence-electron chi connectivity index (χ4n) is 1.39. The summed E-state index contributed by atoms with van der Waals surface area (Å²) in [4.78, 5) is 24.5. The van der Waals surface area contributed by atoms with Crippen LogP contribution in [0.15, 0.2) is 11.7 Å². The monoisotopic (exact) mass is 250 g/mol. The highest BCUT2D eigenvalue weighted by atomic mass is 32.1. The summed E-state index contributed by atoms with van der Waals surface area (Å²) >= 11 is 1.41. The lowest BCUT2D eigenvalue weighted by Crippen LogP contribution is -2.12. The molecule has 0 saturated heterocycles. The van der Waals surface area contributed by atoms with E-state index in [-0.39, 0.29) is 11.4 Å². The largest absolute Gasteiger partial charge is 0.465 e. The average Bonchev–Trinajstić information content (AvgIpc) is 2.81. The van der Waals surface area contributed by atoms with Crippen LogP contribution in [0, 0.1) is 6.92 Å². The molecule has 17 heavy (non-hydrogen) atoms. The van der Waals surface area contributed by atoms with E-state index in [2.05, 4.69) is 19.7 Å². The number of aromatic nitrogens is 3. The van der Waals surface area contributed by atoms with Crippen molar-refractivity contribution < 1.29 is 9.53 Å². The summed E-state index contributed by atoms with van der Waals surface area (Å²) in [6, 6.07) is 0. The van der Waals surface area contributed by atoms with Crippen molar-refractivity contribution in [3.63, 3.8) is 0 Å². The van der Waals surface area contributed by atoms with Gasteiger partial charge in [0.05, 0.1) is 23.2 Å². The molecule has 2 heterocycles. The lowest BCUT2D eigenvalue weighted by atomic mass is 10.2. The van der Waals surface area contributed by atoms with E-state index < -0.39 is 5.97 Å². The second-order valence-corrected chi connectivity index (χ2v) is 4.14. The fraction of sp³-hybridized carbons (Fsp3) is 0.200. The number of aryl methyl sites for hydroxylation is 1. The van der Waals surface area contributed by atoms with Gasteiger partial charge < -0.3 is 10.5 Å². The number of carbonyl (C=O) groups excluding carboxylic acids is 1. The van der Waals surface area contributed by atoms with Crippen molar-refractivity contribution >= 4 is 23.1 Å². The van der Waals surface area contributed by atoms with Crippen LogP contribution in [0.1, 0.15) is 16.1 Å². The van der Waals surface area contributed by atoms with E-state index in [4.69, 9.17) is 5.73 Å². The van der Waals surface area contributed by atoms with Gasteiger partial charge in [0.1, 0.15) is 11.4 Å². The van der Waals surface area contributed by atoms with Crippen LogP contribution in [0.4, 0.5) is 5.82 Å². The Hall–Kier alpha value is -2.02. The molecule has 0 spiro atoms. The van der Waals surface area contributed by atoms with E-state index in [1.54, 1.807) is 18.6 Å². The third-order valence-corrected chi connectivity index (χ3v) is 2.93. The van der Waals surface area contributed by atoms with Crippen molar-refractivity contribution in [1.29, 1.82) is 0 Å². The van der Waals surface area contributed by atoms with E-state index >= 15 is 0 Å². The van der Waals surface area contributed by atoms with E-state index in [0.717, 1.165) is 4.88 Å². The topological polar surface area (TPSA) is 91.0 Å². The SMILES string of the molecule is COC(=O)c1c(C)nc(-c2cncs2)nc1N. The Kier molecular flexibility index (Phi) is 3.01. The van der Waals surface area contributed by atoms with Crippen LogP contribution in [0.25, 0.3) is 10.7 Å². The van der Waals surface area contributed by atoms with Crippen LogP contribution < -0.4 is 5.73 Å². The van der Waals surface area contributed by atoms with Crippen LogP contribution >= 0.6 is 11.3 Å². The number of nitrogens with zero attached hydrogens (tertiary/aromatic N) is 3. The number of rotatable bonds is 2. The Balaban J connectivity index is 2.53. The Morgan fingerprint density at radius 2 is 2.24 bits per heavy atom. The van der Waals surface area contributed by atoms with Gasteiger partial charge in [0, 0.05) is 6.20 Å². The summed E-state index contributed by atoms with van der Waals surface area (Å²) in [6.07, 6.45) is 1.65. The summed E-state index contributed by atoms with van der Waals surface area (Å²) in [5.74, 6) is 0.0544. The van der Waals surface area contributed by atoms with Gasteiger partial charge in [-0.15, -0.1) is 11.3 Å². The first kappa shape index (κ1) is 11.5. The molecule has 2 N–H and O–H groups in total. The third kappa shape index (κ3) is 2.09. The molecule has 2 aromatic rings. The second-order valence-electron chi connectivity index (χ2n) is 3.25. The maximum Gasteiger partial charge on any atom is 0.343 e. The molecule has 0 unspecified atom stereocenters. The van der Waals surface area contributed by atoms with Gasteiger partial charge in [-0.3, -0.25) is 4.98 Å². The van der Waals surface area contributed by atoms with Gasteiger partial charge >= 0.3 is 5.97 Å². The van der Waals surface area contributed by atoms with Gasteiger partial charge in [-0.25, -0.2) is 14.8 Å². The Labute approximate surface area is 101 Å². The zero-order valence-corrected chi connectivity index (χ0v) is 10.1. The number of carbonyl (C=O) groups is 1. The quantitative estimate of drug-likeness (QED) is 0.807. The van der Waals surface area contributed by atoms with Gasteiger partial charge in [0.2, 0.25) is 0 Å². The molecule has 0 fully saturated rings. The zero-order valence-electron chi connectivity index (χ0n) is 9.30. The molecule has 0 radical (unpaired) electrons. The summed E-state index contributed by atoms with van der Waals surface area (Å²) in [5, 5.41) is 0. The smallest absolute Gasteiger partial charge is 0.343 e. The predicted molar refractivity (Wildman–Crippen MR) is 63.6 cm³/mol. The molecule has 0 aliphatic carbocycles. The van der Waals surface area contributed by atoms with Crippen molar-refractivity contribution in [3.05, 3.63) is 23.0 Å². The van der Waals surface area contributed by atoms with Gasteiger partial charge in [0.25, 0.3) is 0 Å². The van der Waals surface area contributed by atoms with Crippen molar-refractivity contribution in [2.24, 2.45) is 0 Å². The van der Waals surface area contributed by atoms with Gasteiger partial charge in [-0.05, 0) is 6.92 Å². The summed E-state index contributed by atoms with van der Waals surface area (Å²) in [7, 11) is 1.29. The number of nitrogens with two attached hydrogens (primary N) is 1. The molecule has 0 bridgehead atoms. The summed E-state index contributed by atoms with van der Waals surface area (Å²) in [6.45, 7) is 1.69. The number of esters is 1. The summed E-state index contributed by atoms with van der Waals surface area (Å²) < 4.78 is 4.62. The molecule has 0 aliphatic rings. The van der Waals surface area contributed by atoms with Crippen LogP contribution in [-0.2, 0) is 4.74 Å². The maximum atomic E-state index is 11.5. The highest BCUT2D eigenvalue weighted by Gasteiger charge is 2.18. The average molecular weight is 250 g/mol. The molecular formula is C10H10N4O2S. The molecule has 7 heteroatoms. The van der Waals surface area contributed by atoms with E-state index in [0.29, 0.717) is 11.5 Å². The number of anilines is 1. The van der Waals surface area contributed by atoms with E-state index in [1.165, 1.54) is 18.4 Å². The molecule has 2 rings (SSSR count). The first-order chi connectivity index (χ1) is 8.13. The number of hydrogen-bond acceptors (Lipinski definition) is 7. The first-order valence-corrected chi connectivity index (χ1v) is 5.62. The first-order valence-electron chi connectivity index (χ1n) is 4.74. The number of thiazole rings is 1. The van der Waals surface area contributed by atoms with Crippen LogP contribution in [0.2, 0.25) is 0 Å². The van der Waals surface area contributed by atoms with Crippen molar-refractivity contribution in [1.82, 2.24) is 15.0 Å². The van der Waals surface area contributed by atoms with Crippen molar-refractivity contribution in [2.75, 3.05) is 12.8 Å². The van der Waals surface area contributed by atoms with E-state index in [9.17, 15) is 4.79 Å². The highest BCUT2D eigenvalue weighted by molar-refractivity contribution is 7.13. The van der Waals surface area contributed by atoms with Crippen LogP contribution in [0.5, 0.6) is 0 Å². The Bertz CT molecular complexity index is 530. The molecular weight excluding hydrogens is 240 g/mol. The fourth-order valence-corrected chi connectivity index (χ4v) is 1.94. The highest BCUT2D eigenvalue weighted by Crippen LogP contribution is 2.23. The summed E-state index contributed by atoms with van der Waals surface area (Å²) in [5.41, 5.74) is 8.12. The van der Waals surface area contributed by atoms with Crippen LogP contribution in [-0.4, -0.2) is 28.0 Å². The lowest BCUT2D eigenvalue weighted by molar-refractivity contribution is 0.0600. The molecule has 6 nitrogen and oxygen atoms in total. The van der Waals surface area contributed by atoms with Crippen molar-refractivity contribution in [2.45, 2.75) is 6.92 Å². The standard InChI is InChI=1S/C10H10N4O2S/c1-5-7(10(15)16-2)8(11)14-9(13-5)6-3-12-4-17-6/h3-4H,1-2H3,(H2,11,13,14). The minimum Gasteiger partial charge on any atom is -0.465 e. The van der Waals surface area contributed by atoms with Crippen molar-refractivity contribution in [3.8, 4) is 10.7 Å². The number of hydrogen-bond donors (Lipinski definition) is 1. The molecule has 2 aromatic heterocycles. The zero-order chi connectivity index (χ0) is 12.4. The second kappa shape index (κ2) is 4.46. The normalized spacial score (nSPS) is 10.2. The molecule has 0 atom stereocenters. The van der Waals surface area contributed by atoms with Crippen LogP contribution in [0.3, 0.4) is 0 Å². The minimum atomic E-state index is -0.532. The maximum absolute atomic E-state index is 11.5. The van der Waals surface area contributed by atoms with Gasteiger partial charge in [-0.2, -0.15) is 0 Å².